The molecular formula is C17H28N2O3. The van der Waals surface area contributed by atoms with Crippen molar-refractivity contribution in [3.63, 3.8) is 0 Å². The van der Waals surface area contributed by atoms with Crippen LogP contribution in [-0.4, -0.2) is 30.4 Å². The van der Waals surface area contributed by atoms with E-state index in [4.69, 9.17) is 4.74 Å². The van der Waals surface area contributed by atoms with E-state index in [9.17, 15) is 9.90 Å². The number of ether oxygens (including phenoxy) is 1. The summed E-state index contributed by atoms with van der Waals surface area (Å²) in [4.78, 5) is 11.8. The van der Waals surface area contributed by atoms with Gasteiger partial charge in [0.25, 0.3) is 0 Å². The van der Waals surface area contributed by atoms with Gasteiger partial charge in [-0.3, -0.25) is 0 Å². The maximum absolute atomic E-state index is 11.8. The van der Waals surface area contributed by atoms with Gasteiger partial charge in [-0.1, -0.05) is 44.5 Å². The highest BCUT2D eigenvalue weighted by Gasteiger charge is 2.27. The van der Waals surface area contributed by atoms with E-state index in [1.165, 1.54) is 0 Å². The number of amides is 2. The summed E-state index contributed by atoms with van der Waals surface area (Å²) in [7, 11) is 1.65. The van der Waals surface area contributed by atoms with Crippen molar-refractivity contribution in [2.45, 2.75) is 45.9 Å². The molecule has 2 amide bonds. The number of aliphatic hydroxyl groups is 1. The minimum absolute atomic E-state index is 0.124. The molecule has 5 heteroatoms. The summed E-state index contributed by atoms with van der Waals surface area (Å²) >= 11 is 0. The number of carbonyl (C=O) groups is 1. The Balaban J connectivity index is 2.41. The van der Waals surface area contributed by atoms with Crippen LogP contribution in [0.25, 0.3) is 0 Å². The Morgan fingerprint density at radius 1 is 1.36 bits per heavy atom. The van der Waals surface area contributed by atoms with Crippen LogP contribution >= 0.6 is 0 Å². The molecule has 124 valence electrons. The second-order valence-corrected chi connectivity index (χ2v) is 5.96. The number of rotatable bonds is 8. The minimum Gasteiger partial charge on any atom is -0.388 e. The molecule has 2 unspecified atom stereocenters. The van der Waals surface area contributed by atoms with Crippen LogP contribution in [0.3, 0.4) is 0 Å². The van der Waals surface area contributed by atoms with Crippen LogP contribution in [0.1, 0.15) is 38.3 Å². The second kappa shape index (κ2) is 8.76. The van der Waals surface area contributed by atoms with Crippen LogP contribution < -0.4 is 10.6 Å². The summed E-state index contributed by atoms with van der Waals surface area (Å²) in [6.45, 7) is 6.97. The summed E-state index contributed by atoms with van der Waals surface area (Å²) in [5, 5.41) is 15.8. The van der Waals surface area contributed by atoms with Gasteiger partial charge >= 0.3 is 6.03 Å². The monoisotopic (exact) mass is 308 g/mol. The van der Waals surface area contributed by atoms with Gasteiger partial charge in [0, 0.05) is 20.2 Å². The van der Waals surface area contributed by atoms with E-state index in [-0.39, 0.29) is 18.5 Å². The number of nitrogens with one attached hydrogen (secondary N) is 2. The normalized spacial score (nSPS) is 15.0. The first-order valence-corrected chi connectivity index (χ1v) is 7.70. The molecule has 0 aromatic heterocycles. The lowest BCUT2D eigenvalue weighted by Gasteiger charge is -2.29. The lowest BCUT2D eigenvalue weighted by atomic mass is 9.89. The molecule has 2 atom stereocenters. The number of hydrogen-bond donors (Lipinski definition) is 3. The van der Waals surface area contributed by atoms with Crippen LogP contribution in [-0.2, 0) is 17.9 Å². The third kappa shape index (κ3) is 6.03. The largest absolute Gasteiger partial charge is 0.388 e. The van der Waals surface area contributed by atoms with Crippen molar-refractivity contribution in [3.05, 3.63) is 35.4 Å². The molecule has 1 rings (SSSR count). The van der Waals surface area contributed by atoms with Crippen LogP contribution in [0.2, 0.25) is 0 Å². The third-order valence-electron chi connectivity index (χ3n) is 4.04. The fraction of sp³-hybridized carbons (Fsp3) is 0.588. The molecule has 0 bridgehead atoms. The maximum atomic E-state index is 11.8. The average Bonchev–Trinajstić information content (AvgIpc) is 2.51. The van der Waals surface area contributed by atoms with Crippen molar-refractivity contribution >= 4 is 6.03 Å². The molecule has 0 radical (unpaired) electrons. The molecule has 0 saturated carbocycles. The fourth-order valence-electron chi connectivity index (χ4n) is 2.11. The standard InChI is InChI=1S/C17H28N2O3/c1-5-13(2)17(3,21)12-19-16(20)18-10-14-7-6-8-15(9-14)11-22-4/h6-9,13,21H,5,10-12H2,1-4H3,(H2,18,19,20). The van der Waals surface area contributed by atoms with Gasteiger partial charge in [-0.2, -0.15) is 0 Å². The van der Waals surface area contributed by atoms with Crippen molar-refractivity contribution in [1.29, 1.82) is 0 Å². The zero-order valence-corrected chi connectivity index (χ0v) is 14.0. The Morgan fingerprint density at radius 2 is 2.05 bits per heavy atom. The first-order valence-electron chi connectivity index (χ1n) is 7.70. The molecule has 0 aliphatic rings. The first-order chi connectivity index (χ1) is 10.4. The van der Waals surface area contributed by atoms with E-state index in [1.54, 1.807) is 14.0 Å². The summed E-state index contributed by atoms with van der Waals surface area (Å²) in [6.07, 6.45) is 0.864. The molecule has 0 saturated heterocycles. The number of hydrogen-bond acceptors (Lipinski definition) is 3. The molecule has 3 N–H and O–H groups in total. The number of carbonyl (C=O) groups excluding carboxylic acids is 1. The Bertz CT molecular complexity index is 475. The highest BCUT2D eigenvalue weighted by atomic mass is 16.5. The van der Waals surface area contributed by atoms with E-state index >= 15 is 0 Å². The van der Waals surface area contributed by atoms with E-state index in [0.717, 1.165) is 17.5 Å². The second-order valence-electron chi connectivity index (χ2n) is 5.96. The van der Waals surface area contributed by atoms with Gasteiger partial charge in [-0.05, 0) is 24.0 Å². The predicted molar refractivity (Wildman–Crippen MR) is 87.5 cm³/mol. The Morgan fingerprint density at radius 3 is 2.68 bits per heavy atom. The molecule has 1 aromatic rings. The van der Waals surface area contributed by atoms with Gasteiger partial charge in [0.1, 0.15) is 0 Å². The molecule has 0 heterocycles. The maximum Gasteiger partial charge on any atom is 0.315 e. The molecule has 0 spiro atoms. The third-order valence-corrected chi connectivity index (χ3v) is 4.04. The van der Waals surface area contributed by atoms with Crippen molar-refractivity contribution in [2.24, 2.45) is 5.92 Å². The summed E-state index contributed by atoms with van der Waals surface area (Å²) < 4.78 is 5.09. The van der Waals surface area contributed by atoms with Crippen LogP contribution in [0.4, 0.5) is 4.79 Å². The van der Waals surface area contributed by atoms with E-state index in [2.05, 4.69) is 10.6 Å². The molecule has 5 nitrogen and oxygen atoms in total. The van der Waals surface area contributed by atoms with Gasteiger partial charge in [0.15, 0.2) is 0 Å². The average molecular weight is 308 g/mol. The van der Waals surface area contributed by atoms with E-state index < -0.39 is 5.60 Å². The van der Waals surface area contributed by atoms with Crippen molar-refractivity contribution < 1.29 is 14.6 Å². The van der Waals surface area contributed by atoms with Gasteiger partial charge in [-0.25, -0.2) is 4.79 Å². The zero-order valence-electron chi connectivity index (χ0n) is 14.0. The SMILES string of the molecule is CCC(C)C(C)(O)CNC(=O)NCc1cccc(COC)c1. The predicted octanol–water partition coefficient (Wildman–Crippen LogP) is 2.43. The molecule has 0 aliphatic carbocycles. The Labute approximate surface area is 133 Å². The lowest BCUT2D eigenvalue weighted by molar-refractivity contribution is 0.00790. The fourth-order valence-corrected chi connectivity index (χ4v) is 2.11. The van der Waals surface area contributed by atoms with Crippen LogP contribution in [0, 0.1) is 5.92 Å². The molecular weight excluding hydrogens is 280 g/mol. The van der Waals surface area contributed by atoms with Crippen LogP contribution in [0.15, 0.2) is 24.3 Å². The quantitative estimate of drug-likeness (QED) is 0.691. The highest BCUT2D eigenvalue weighted by Crippen LogP contribution is 2.18. The number of urea groups is 1. The molecule has 0 fully saturated rings. The Kier molecular flexibility index (Phi) is 7.35. The van der Waals surface area contributed by atoms with Gasteiger partial charge < -0.3 is 20.5 Å². The van der Waals surface area contributed by atoms with Gasteiger partial charge in [-0.15, -0.1) is 0 Å². The molecule has 0 aliphatic heterocycles. The highest BCUT2D eigenvalue weighted by molar-refractivity contribution is 5.73. The number of benzene rings is 1. The minimum atomic E-state index is -0.898. The summed E-state index contributed by atoms with van der Waals surface area (Å²) in [6, 6.07) is 7.60. The first kappa shape index (κ1) is 18.5. The lowest BCUT2D eigenvalue weighted by Crippen LogP contribution is -2.47. The van der Waals surface area contributed by atoms with Crippen molar-refractivity contribution in [3.8, 4) is 0 Å². The number of methoxy groups -OCH3 is 1. The van der Waals surface area contributed by atoms with Crippen molar-refractivity contribution in [2.75, 3.05) is 13.7 Å². The van der Waals surface area contributed by atoms with E-state index in [1.807, 2.05) is 38.1 Å². The topological polar surface area (TPSA) is 70.6 Å². The summed E-state index contributed by atoms with van der Waals surface area (Å²) in [5.41, 5.74) is 1.19. The Hall–Kier alpha value is -1.59. The van der Waals surface area contributed by atoms with Crippen molar-refractivity contribution in [1.82, 2.24) is 10.6 Å². The smallest absolute Gasteiger partial charge is 0.315 e. The zero-order chi connectivity index (χ0) is 16.6. The summed E-state index contributed by atoms with van der Waals surface area (Å²) in [5.74, 6) is 0.124. The molecule has 22 heavy (non-hydrogen) atoms. The van der Waals surface area contributed by atoms with Gasteiger partial charge in [0.2, 0.25) is 0 Å². The van der Waals surface area contributed by atoms with E-state index in [0.29, 0.717) is 13.2 Å². The van der Waals surface area contributed by atoms with Gasteiger partial charge in [0.05, 0.1) is 12.2 Å². The molecule has 1 aromatic carbocycles. The van der Waals surface area contributed by atoms with Crippen LogP contribution in [0.5, 0.6) is 0 Å².